The predicted octanol–water partition coefficient (Wildman–Crippen LogP) is 5.61. The third-order valence-electron chi connectivity index (χ3n) is 5.00. The standard InChI is InChI=1S/C20H17BrClF4N5O/c21-13-10-30(9-12-14(22)2-1-3-15(12)23)29-19(13)27-18(32)6-7-31-16(11-4-5-11)8-17(28-31)20(24,25)26/h1-3,8,10-11H,4-7,9H2,(H,27,29,32). The number of amides is 1. The second-order valence-electron chi connectivity index (χ2n) is 7.47. The van der Waals surface area contributed by atoms with E-state index >= 15 is 0 Å². The van der Waals surface area contributed by atoms with Gasteiger partial charge in [-0.1, -0.05) is 17.7 Å². The normalized spacial score (nSPS) is 14.1. The van der Waals surface area contributed by atoms with Crippen LogP contribution in [0.15, 0.2) is 34.9 Å². The lowest BCUT2D eigenvalue weighted by Gasteiger charge is -2.07. The summed E-state index contributed by atoms with van der Waals surface area (Å²) in [4.78, 5) is 12.4. The summed E-state index contributed by atoms with van der Waals surface area (Å²) in [5.74, 6) is -0.651. The molecule has 1 aromatic carbocycles. The van der Waals surface area contributed by atoms with Gasteiger partial charge < -0.3 is 5.32 Å². The van der Waals surface area contributed by atoms with Crippen LogP contribution in [0, 0.1) is 5.82 Å². The van der Waals surface area contributed by atoms with Crippen LogP contribution in [-0.2, 0) is 24.1 Å². The fourth-order valence-corrected chi connectivity index (χ4v) is 3.90. The van der Waals surface area contributed by atoms with Gasteiger partial charge in [0.15, 0.2) is 11.5 Å². The van der Waals surface area contributed by atoms with Gasteiger partial charge in [0.1, 0.15) is 5.82 Å². The summed E-state index contributed by atoms with van der Waals surface area (Å²) < 4.78 is 56.1. The van der Waals surface area contributed by atoms with Gasteiger partial charge in [0.05, 0.1) is 11.0 Å². The van der Waals surface area contributed by atoms with Crippen molar-refractivity contribution in [2.45, 2.75) is 44.4 Å². The Hall–Kier alpha value is -2.40. The average Bonchev–Trinajstić information content (AvgIpc) is 3.36. The highest BCUT2D eigenvalue weighted by Crippen LogP contribution is 2.42. The highest BCUT2D eigenvalue weighted by molar-refractivity contribution is 9.10. The van der Waals surface area contributed by atoms with Gasteiger partial charge >= 0.3 is 6.18 Å². The molecule has 1 N–H and O–H groups in total. The van der Waals surface area contributed by atoms with Gasteiger partial charge in [-0.05, 0) is 47.0 Å². The molecule has 12 heteroatoms. The molecule has 1 aliphatic carbocycles. The molecule has 1 fully saturated rings. The fourth-order valence-electron chi connectivity index (χ4n) is 3.27. The number of carbonyl (C=O) groups is 1. The molecule has 0 atom stereocenters. The van der Waals surface area contributed by atoms with E-state index < -0.39 is 23.6 Å². The van der Waals surface area contributed by atoms with Gasteiger partial charge in [0.2, 0.25) is 5.91 Å². The van der Waals surface area contributed by atoms with Crippen molar-refractivity contribution in [2.75, 3.05) is 5.32 Å². The minimum atomic E-state index is -4.53. The molecule has 0 bridgehead atoms. The molecule has 1 saturated carbocycles. The number of nitrogens with zero attached hydrogens (tertiary/aromatic N) is 4. The van der Waals surface area contributed by atoms with Gasteiger partial charge in [-0.25, -0.2) is 4.39 Å². The first kappa shape index (κ1) is 22.8. The second-order valence-corrected chi connectivity index (χ2v) is 8.73. The van der Waals surface area contributed by atoms with Crippen LogP contribution in [0.4, 0.5) is 23.4 Å². The van der Waals surface area contributed by atoms with Crippen molar-refractivity contribution in [1.82, 2.24) is 19.6 Å². The van der Waals surface area contributed by atoms with Crippen LogP contribution in [0.2, 0.25) is 5.02 Å². The Morgan fingerprint density at radius 1 is 1.28 bits per heavy atom. The quantitative estimate of drug-likeness (QED) is 0.401. The van der Waals surface area contributed by atoms with Crippen molar-refractivity contribution in [3.8, 4) is 0 Å². The Bertz CT molecular complexity index is 1140. The molecule has 170 valence electrons. The van der Waals surface area contributed by atoms with E-state index in [1.54, 1.807) is 12.3 Å². The Labute approximate surface area is 193 Å². The fraction of sp³-hybridized carbons (Fsp3) is 0.350. The summed E-state index contributed by atoms with van der Waals surface area (Å²) in [6, 6.07) is 5.41. The Kier molecular flexibility index (Phi) is 6.30. The molecular formula is C20H17BrClF4N5O. The zero-order valence-electron chi connectivity index (χ0n) is 16.5. The third kappa shape index (κ3) is 5.15. The van der Waals surface area contributed by atoms with Crippen molar-refractivity contribution in [2.24, 2.45) is 0 Å². The molecular weight excluding hydrogens is 518 g/mol. The maximum Gasteiger partial charge on any atom is 0.435 e. The van der Waals surface area contributed by atoms with Crippen molar-refractivity contribution in [3.63, 3.8) is 0 Å². The number of anilines is 1. The zero-order valence-corrected chi connectivity index (χ0v) is 18.8. The molecule has 2 heterocycles. The van der Waals surface area contributed by atoms with Crippen LogP contribution in [-0.4, -0.2) is 25.5 Å². The highest BCUT2D eigenvalue weighted by Gasteiger charge is 2.37. The van der Waals surface area contributed by atoms with E-state index in [-0.39, 0.29) is 41.8 Å². The molecule has 0 unspecified atom stereocenters. The maximum absolute atomic E-state index is 14.0. The Morgan fingerprint density at radius 2 is 2.03 bits per heavy atom. The molecule has 0 aliphatic heterocycles. The van der Waals surface area contributed by atoms with E-state index in [9.17, 15) is 22.4 Å². The number of halogens is 6. The number of alkyl halides is 3. The molecule has 32 heavy (non-hydrogen) atoms. The van der Waals surface area contributed by atoms with E-state index in [0.717, 1.165) is 18.9 Å². The van der Waals surface area contributed by atoms with E-state index in [1.807, 2.05) is 0 Å². The molecule has 3 aromatic rings. The number of carbonyl (C=O) groups excluding carboxylic acids is 1. The SMILES string of the molecule is O=C(CCn1nc(C(F)(F)F)cc1C1CC1)Nc1nn(Cc2c(F)cccc2Cl)cc1Br. The molecule has 0 saturated heterocycles. The lowest BCUT2D eigenvalue weighted by atomic mass is 10.2. The zero-order chi connectivity index (χ0) is 23.0. The van der Waals surface area contributed by atoms with Crippen LogP contribution in [0.1, 0.15) is 42.1 Å². The highest BCUT2D eigenvalue weighted by atomic mass is 79.9. The van der Waals surface area contributed by atoms with E-state index in [2.05, 4.69) is 31.4 Å². The summed E-state index contributed by atoms with van der Waals surface area (Å²) in [6.07, 6.45) is -1.43. The van der Waals surface area contributed by atoms with Crippen molar-refractivity contribution >= 4 is 39.3 Å². The minimum Gasteiger partial charge on any atom is -0.308 e. The summed E-state index contributed by atoms with van der Waals surface area (Å²) >= 11 is 9.33. The smallest absolute Gasteiger partial charge is 0.308 e. The van der Waals surface area contributed by atoms with Gasteiger partial charge in [0, 0.05) is 41.4 Å². The summed E-state index contributed by atoms with van der Waals surface area (Å²) in [6.45, 7) is 0.0646. The van der Waals surface area contributed by atoms with E-state index in [1.165, 1.54) is 21.5 Å². The van der Waals surface area contributed by atoms with Gasteiger partial charge in [-0.3, -0.25) is 14.2 Å². The molecule has 0 spiro atoms. The van der Waals surface area contributed by atoms with Gasteiger partial charge in [-0.15, -0.1) is 0 Å². The lowest BCUT2D eigenvalue weighted by molar-refractivity contribution is -0.141. The molecule has 6 nitrogen and oxygen atoms in total. The van der Waals surface area contributed by atoms with Gasteiger partial charge in [0.25, 0.3) is 0 Å². The number of hydrogen-bond donors (Lipinski definition) is 1. The molecule has 2 aromatic heterocycles. The number of nitrogens with one attached hydrogen (secondary N) is 1. The second kappa shape index (κ2) is 8.86. The molecule has 0 radical (unpaired) electrons. The van der Waals surface area contributed by atoms with Gasteiger partial charge in [-0.2, -0.15) is 23.4 Å². The van der Waals surface area contributed by atoms with Crippen LogP contribution in [0.25, 0.3) is 0 Å². The third-order valence-corrected chi connectivity index (χ3v) is 5.94. The molecule has 1 aliphatic rings. The Morgan fingerprint density at radius 3 is 2.69 bits per heavy atom. The largest absolute Gasteiger partial charge is 0.435 e. The predicted molar refractivity (Wildman–Crippen MR) is 113 cm³/mol. The first-order valence-corrected chi connectivity index (χ1v) is 10.9. The first-order valence-electron chi connectivity index (χ1n) is 9.72. The summed E-state index contributed by atoms with van der Waals surface area (Å²) in [5.41, 5.74) is -0.195. The van der Waals surface area contributed by atoms with Crippen LogP contribution in [0.3, 0.4) is 0 Å². The van der Waals surface area contributed by atoms with E-state index in [4.69, 9.17) is 11.6 Å². The number of aryl methyl sites for hydroxylation is 1. The van der Waals surface area contributed by atoms with Crippen LogP contribution in [0.5, 0.6) is 0 Å². The number of hydrogen-bond acceptors (Lipinski definition) is 3. The van der Waals surface area contributed by atoms with Crippen molar-refractivity contribution in [3.05, 3.63) is 62.7 Å². The topological polar surface area (TPSA) is 64.7 Å². The first-order chi connectivity index (χ1) is 15.1. The van der Waals surface area contributed by atoms with Crippen molar-refractivity contribution < 1.29 is 22.4 Å². The summed E-state index contributed by atoms with van der Waals surface area (Å²) in [5, 5.41) is 10.7. The van der Waals surface area contributed by atoms with E-state index in [0.29, 0.717) is 10.2 Å². The van der Waals surface area contributed by atoms with Crippen LogP contribution < -0.4 is 5.32 Å². The van der Waals surface area contributed by atoms with Crippen LogP contribution >= 0.6 is 27.5 Å². The average molecular weight is 535 g/mol. The lowest BCUT2D eigenvalue weighted by Crippen LogP contribution is -2.17. The minimum absolute atomic E-state index is 0.0108. The number of benzene rings is 1. The maximum atomic E-state index is 14.0. The number of aromatic nitrogens is 4. The molecule has 1 amide bonds. The monoisotopic (exact) mass is 533 g/mol. The molecule has 4 rings (SSSR count). The number of rotatable bonds is 7. The van der Waals surface area contributed by atoms with Crippen molar-refractivity contribution in [1.29, 1.82) is 0 Å². The Balaban J connectivity index is 1.41. The summed E-state index contributed by atoms with van der Waals surface area (Å²) in [7, 11) is 0.